The molecule has 0 fully saturated rings. The first-order chi connectivity index (χ1) is 16.3. The molecule has 0 saturated heterocycles. The fourth-order valence-electron chi connectivity index (χ4n) is 4.56. The van der Waals surface area contributed by atoms with Gasteiger partial charge in [-0.2, -0.15) is 0 Å². The Morgan fingerprint density at radius 3 is 2.18 bits per heavy atom. The van der Waals surface area contributed by atoms with Gasteiger partial charge in [0.1, 0.15) is 0 Å². The summed E-state index contributed by atoms with van der Waals surface area (Å²) >= 11 is 0. The average Bonchev–Trinajstić information content (AvgIpc) is 3.30. The molecule has 3 aromatic heterocycles. The van der Waals surface area contributed by atoms with E-state index in [2.05, 4.69) is 62.6 Å². The van der Waals surface area contributed by atoms with Crippen LogP contribution in [0.15, 0.2) is 91.4 Å². The number of hydrogen-bond donors (Lipinski definition) is 1. The van der Waals surface area contributed by atoms with E-state index in [1.807, 2.05) is 48.9 Å². The number of nitrogens with zero attached hydrogens (tertiary/aromatic N) is 4. The highest BCUT2D eigenvalue weighted by Gasteiger charge is 2.29. The molecule has 5 heteroatoms. The lowest BCUT2D eigenvalue weighted by Crippen LogP contribution is -2.27. The Labute approximate surface area is 195 Å². The molecule has 1 aliphatic carbocycles. The van der Waals surface area contributed by atoms with Gasteiger partial charge in [0.05, 0.1) is 23.1 Å². The van der Waals surface area contributed by atoms with Crippen LogP contribution in [0.3, 0.4) is 0 Å². The summed E-state index contributed by atoms with van der Waals surface area (Å²) in [4.78, 5) is 16.2. The van der Waals surface area contributed by atoms with Crippen molar-refractivity contribution < 1.29 is 0 Å². The minimum atomic E-state index is 0.322. The zero-order chi connectivity index (χ0) is 22.3. The van der Waals surface area contributed by atoms with Crippen molar-refractivity contribution in [1.82, 2.24) is 25.2 Å². The lowest BCUT2D eigenvalue weighted by Gasteiger charge is -2.29. The maximum atomic E-state index is 4.74. The van der Waals surface area contributed by atoms with Gasteiger partial charge >= 0.3 is 0 Å². The van der Waals surface area contributed by atoms with Crippen LogP contribution in [0.2, 0.25) is 0 Å². The van der Waals surface area contributed by atoms with Crippen LogP contribution < -0.4 is 5.32 Å². The minimum absolute atomic E-state index is 0.322. The van der Waals surface area contributed by atoms with E-state index in [-0.39, 0.29) is 0 Å². The Hall–Kier alpha value is -3.41. The van der Waals surface area contributed by atoms with E-state index in [9.17, 15) is 0 Å². The minimum Gasteiger partial charge on any atom is -0.307 e. The van der Waals surface area contributed by atoms with Crippen molar-refractivity contribution in [2.45, 2.75) is 45.1 Å². The molecule has 33 heavy (non-hydrogen) atoms. The van der Waals surface area contributed by atoms with Crippen LogP contribution in [0.5, 0.6) is 0 Å². The molecular formula is C28H29N5. The number of fused-ring (bicyclic) bond motifs is 1. The molecule has 0 saturated carbocycles. The fraction of sp³-hybridized carbons (Fsp3) is 0.250. The average molecular weight is 436 g/mol. The fourth-order valence-corrected chi connectivity index (χ4v) is 4.56. The Balaban J connectivity index is 1.26. The molecule has 1 aromatic carbocycles. The van der Waals surface area contributed by atoms with Crippen molar-refractivity contribution in [3.8, 4) is 0 Å². The maximum Gasteiger partial charge on any atom is 0.0607 e. The summed E-state index contributed by atoms with van der Waals surface area (Å²) in [5.74, 6) is 0. The first-order valence-corrected chi connectivity index (χ1v) is 11.6. The molecule has 0 radical (unpaired) electrons. The lowest BCUT2D eigenvalue weighted by atomic mass is 10.1. The van der Waals surface area contributed by atoms with Gasteiger partial charge in [0.25, 0.3) is 0 Å². The van der Waals surface area contributed by atoms with Gasteiger partial charge < -0.3 is 5.32 Å². The smallest absolute Gasteiger partial charge is 0.0607 e. The van der Waals surface area contributed by atoms with Gasteiger partial charge in [-0.1, -0.05) is 42.5 Å². The zero-order valence-electron chi connectivity index (χ0n) is 18.8. The third-order valence-corrected chi connectivity index (χ3v) is 6.23. The Morgan fingerprint density at radius 2 is 1.42 bits per heavy atom. The Bertz CT molecular complexity index is 1150. The van der Waals surface area contributed by atoms with Crippen molar-refractivity contribution >= 4 is 0 Å². The number of aryl methyl sites for hydroxylation is 1. The number of rotatable bonds is 9. The summed E-state index contributed by atoms with van der Waals surface area (Å²) in [6, 6.07) is 25.7. The number of benzene rings is 1. The van der Waals surface area contributed by atoms with Crippen LogP contribution in [-0.2, 0) is 32.6 Å². The van der Waals surface area contributed by atoms with Gasteiger partial charge in [-0.05, 0) is 59.9 Å². The molecule has 0 spiro atoms. The van der Waals surface area contributed by atoms with Crippen LogP contribution in [-0.4, -0.2) is 19.9 Å². The maximum absolute atomic E-state index is 4.74. The van der Waals surface area contributed by atoms with Crippen LogP contribution in [0.4, 0.5) is 0 Å². The number of hydrogen-bond acceptors (Lipinski definition) is 5. The van der Waals surface area contributed by atoms with E-state index < -0.39 is 0 Å². The van der Waals surface area contributed by atoms with Crippen molar-refractivity contribution in [3.63, 3.8) is 0 Å². The standard InChI is InChI=1S/C28H29N5/c1-3-15-30-25(7-1)19-29-18-22-9-11-23(12-10-22)20-33(21-26-8-2-4-16-31-26)27-14-13-24-6-5-17-32-28(24)27/h1-12,15-17,27,29H,13-14,18-21H2. The second-order valence-electron chi connectivity index (χ2n) is 8.57. The van der Waals surface area contributed by atoms with Crippen molar-refractivity contribution in [2.75, 3.05) is 0 Å². The summed E-state index contributed by atoms with van der Waals surface area (Å²) in [5, 5.41) is 3.48. The van der Waals surface area contributed by atoms with Gasteiger partial charge in [-0.3, -0.25) is 19.9 Å². The Kier molecular flexibility index (Phi) is 6.80. The normalized spacial score (nSPS) is 15.0. The molecule has 1 atom stereocenters. The zero-order valence-corrected chi connectivity index (χ0v) is 18.8. The first kappa shape index (κ1) is 21.4. The predicted octanol–water partition coefficient (Wildman–Crippen LogP) is 4.85. The summed E-state index contributed by atoms with van der Waals surface area (Å²) in [6.45, 7) is 3.29. The van der Waals surface area contributed by atoms with Crippen molar-refractivity contribution in [1.29, 1.82) is 0 Å². The lowest BCUT2D eigenvalue weighted by molar-refractivity contribution is 0.173. The van der Waals surface area contributed by atoms with Gasteiger partial charge in [-0.25, -0.2) is 0 Å². The van der Waals surface area contributed by atoms with Crippen LogP contribution in [0, 0.1) is 0 Å². The molecule has 166 valence electrons. The number of nitrogens with one attached hydrogen (secondary N) is 1. The van der Waals surface area contributed by atoms with E-state index in [1.54, 1.807) is 0 Å². The van der Waals surface area contributed by atoms with Gasteiger partial charge in [0.2, 0.25) is 0 Å². The molecule has 5 nitrogen and oxygen atoms in total. The molecule has 0 bridgehead atoms. The van der Waals surface area contributed by atoms with E-state index in [1.165, 1.54) is 22.4 Å². The first-order valence-electron chi connectivity index (χ1n) is 11.6. The monoisotopic (exact) mass is 435 g/mol. The second kappa shape index (κ2) is 10.5. The highest BCUT2D eigenvalue weighted by molar-refractivity contribution is 5.29. The van der Waals surface area contributed by atoms with Gasteiger partial charge in [-0.15, -0.1) is 0 Å². The molecular weight excluding hydrogens is 406 g/mol. The molecule has 0 aliphatic heterocycles. The van der Waals surface area contributed by atoms with Crippen LogP contribution >= 0.6 is 0 Å². The van der Waals surface area contributed by atoms with Gasteiger partial charge in [0.15, 0.2) is 0 Å². The highest BCUT2D eigenvalue weighted by Crippen LogP contribution is 2.35. The van der Waals surface area contributed by atoms with E-state index in [4.69, 9.17) is 4.98 Å². The topological polar surface area (TPSA) is 53.9 Å². The number of pyridine rings is 3. The molecule has 3 heterocycles. The molecule has 4 aromatic rings. The van der Waals surface area contributed by atoms with Gasteiger partial charge in [0, 0.05) is 44.8 Å². The summed E-state index contributed by atoms with van der Waals surface area (Å²) in [7, 11) is 0. The van der Waals surface area contributed by atoms with E-state index >= 15 is 0 Å². The molecule has 5 rings (SSSR count). The van der Waals surface area contributed by atoms with Crippen molar-refractivity contribution in [3.05, 3.63) is 125 Å². The van der Waals surface area contributed by atoms with Crippen molar-refractivity contribution in [2.24, 2.45) is 0 Å². The molecule has 1 aliphatic rings. The third-order valence-electron chi connectivity index (χ3n) is 6.23. The largest absolute Gasteiger partial charge is 0.307 e. The van der Waals surface area contributed by atoms with E-state index in [0.29, 0.717) is 6.04 Å². The molecule has 0 amide bonds. The molecule has 1 N–H and O–H groups in total. The molecule has 1 unspecified atom stereocenters. The summed E-state index contributed by atoms with van der Waals surface area (Å²) in [6.07, 6.45) is 7.83. The van der Waals surface area contributed by atoms with Crippen LogP contribution in [0.25, 0.3) is 0 Å². The summed E-state index contributed by atoms with van der Waals surface area (Å²) < 4.78 is 0. The quantitative estimate of drug-likeness (QED) is 0.407. The van der Waals surface area contributed by atoms with Crippen LogP contribution in [0.1, 0.15) is 46.2 Å². The Morgan fingerprint density at radius 1 is 0.697 bits per heavy atom. The predicted molar refractivity (Wildman–Crippen MR) is 130 cm³/mol. The number of aromatic nitrogens is 3. The summed E-state index contributed by atoms with van der Waals surface area (Å²) in [5.41, 5.74) is 7.34. The second-order valence-corrected chi connectivity index (χ2v) is 8.57. The van der Waals surface area contributed by atoms with E-state index in [0.717, 1.165) is 50.4 Å². The third kappa shape index (κ3) is 5.51. The SMILES string of the molecule is c1ccc(CNCc2ccc(CN(Cc3ccccn3)C3CCc4cccnc43)cc2)nc1. The highest BCUT2D eigenvalue weighted by atomic mass is 15.2.